The summed E-state index contributed by atoms with van der Waals surface area (Å²) in [5, 5.41) is 10.3. The van der Waals surface area contributed by atoms with Crippen LogP contribution in [-0.2, 0) is 0 Å². The van der Waals surface area contributed by atoms with Gasteiger partial charge in [-0.15, -0.1) is 0 Å². The van der Waals surface area contributed by atoms with E-state index in [4.69, 9.17) is 0 Å². The van der Waals surface area contributed by atoms with Gasteiger partial charge in [-0.05, 0) is 49.8 Å². The lowest BCUT2D eigenvalue weighted by molar-refractivity contribution is 0.126. The largest absolute Gasteiger partial charge is 0.388 e. The zero-order valence-corrected chi connectivity index (χ0v) is 12.3. The molecule has 0 radical (unpaired) electrons. The second-order valence-corrected chi connectivity index (χ2v) is 5.85. The van der Waals surface area contributed by atoms with Crippen LogP contribution in [0.25, 0.3) is 0 Å². The van der Waals surface area contributed by atoms with E-state index in [1.165, 1.54) is 31.4 Å². The number of nitrogens with zero attached hydrogens (tertiary/aromatic N) is 1. The third-order valence-electron chi connectivity index (χ3n) is 4.45. The van der Waals surface area contributed by atoms with Crippen molar-refractivity contribution in [2.24, 2.45) is 5.92 Å². The summed E-state index contributed by atoms with van der Waals surface area (Å²) in [6.07, 6.45) is 4.73. The molecule has 1 N–H and O–H groups in total. The molecule has 1 atom stereocenters. The van der Waals surface area contributed by atoms with Gasteiger partial charge in [0.1, 0.15) is 0 Å². The average Bonchev–Trinajstić information content (AvgIpc) is 2.37. The van der Waals surface area contributed by atoms with Gasteiger partial charge < -0.3 is 10.0 Å². The van der Waals surface area contributed by atoms with E-state index in [2.05, 4.69) is 24.8 Å². The maximum absolute atomic E-state index is 10.3. The van der Waals surface area contributed by atoms with Gasteiger partial charge in [0.25, 0.3) is 0 Å². The molecule has 1 aromatic rings. The molecule has 2 rings (SSSR count). The summed E-state index contributed by atoms with van der Waals surface area (Å²) in [4.78, 5) is 2.49. The lowest BCUT2D eigenvalue weighted by atomic mass is 9.85. The Morgan fingerprint density at radius 1 is 1.32 bits per heavy atom. The number of aliphatic hydroxyl groups is 1. The molecule has 1 aromatic carbocycles. The number of aryl methyl sites for hydroxylation is 1. The van der Waals surface area contributed by atoms with Crippen LogP contribution in [0.4, 0.5) is 0 Å². The molecule has 0 amide bonds. The third-order valence-corrected chi connectivity index (χ3v) is 4.45. The fourth-order valence-corrected chi connectivity index (χ4v) is 2.84. The fraction of sp³-hybridized carbons (Fsp3) is 0.647. The molecule has 0 heterocycles. The first kappa shape index (κ1) is 14.5. The summed E-state index contributed by atoms with van der Waals surface area (Å²) >= 11 is 0. The van der Waals surface area contributed by atoms with Crippen molar-refractivity contribution in [2.45, 2.75) is 45.6 Å². The zero-order chi connectivity index (χ0) is 13.7. The second kappa shape index (κ2) is 7.06. The summed E-state index contributed by atoms with van der Waals surface area (Å²) < 4.78 is 0. The normalized spacial score (nSPS) is 17.5. The number of rotatable bonds is 7. The van der Waals surface area contributed by atoms with E-state index >= 15 is 0 Å². The molecule has 0 spiro atoms. The van der Waals surface area contributed by atoms with Gasteiger partial charge in [-0.1, -0.05) is 37.6 Å². The predicted octanol–water partition coefficient (Wildman–Crippen LogP) is 3.54. The quantitative estimate of drug-likeness (QED) is 0.811. The van der Waals surface area contributed by atoms with Gasteiger partial charge in [-0.2, -0.15) is 0 Å². The van der Waals surface area contributed by atoms with Crippen LogP contribution < -0.4 is 0 Å². The lowest BCUT2D eigenvalue weighted by Gasteiger charge is -2.32. The van der Waals surface area contributed by atoms with E-state index in [1.807, 2.05) is 18.2 Å². The van der Waals surface area contributed by atoms with E-state index in [0.29, 0.717) is 0 Å². The second-order valence-electron chi connectivity index (χ2n) is 5.85. The van der Waals surface area contributed by atoms with Crippen LogP contribution in [0.1, 0.15) is 49.8 Å². The third kappa shape index (κ3) is 4.05. The molecule has 106 valence electrons. The van der Waals surface area contributed by atoms with Gasteiger partial charge in [0.2, 0.25) is 0 Å². The van der Waals surface area contributed by atoms with Gasteiger partial charge in [0.15, 0.2) is 0 Å². The van der Waals surface area contributed by atoms with Crippen LogP contribution in [0.3, 0.4) is 0 Å². The van der Waals surface area contributed by atoms with Crippen molar-refractivity contribution >= 4 is 0 Å². The van der Waals surface area contributed by atoms with Gasteiger partial charge in [-0.3, -0.25) is 0 Å². The Bertz CT molecular complexity index is 387. The molecule has 0 bridgehead atoms. The molecule has 2 heteroatoms. The molecule has 1 fully saturated rings. The Labute approximate surface area is 117 Å². The van der Waals surface area contributed by atoms with Crippen molar-refractivity contribution in [1.82, 2.24) is 4.90 Å². The summed E-state index contributed by atoms with van der Waals surface area (Å²) in [5.74, 6) is 0.913. The van der Waals surface area contributed by atoms with Crippen molar-refractivity contribution in [3.63, 3.8) is 0 Å². The minimum atomic E-state index is -0.323. The maximum Gasteiger partial charge on any atom is 0.0804 e. The molecule has 1 saturated carbocycles. The van der Waals surface area contributed by atoms with E-state index in [9.17, 15) is 5.11 Å². The van der Waals surface area contributed by atoms with E-state index < -0.39 is 0 Å². The Morgan fingerprint density at radius 2 is 2.05 bits per heavy atom. The first-order valence-corrected chi connectivity index (χ1v) is 7.66. The van der Waals surface area contributed by atoms with Crippen molar-refractivity contribution in [2.75, 3.05) is 19.6 Å². The van der Waals surface area contributed by atoms with E-state index in [0.717, 1.165) is 31.0 Å². The monoisotopic (exact) mass is 261 g/mol. The molecule has 1 aliphatic carbocycles. The average molecular weight is 261 g/mol. The number of benzene rings is 1. The van der Waals surface area contributed by atoms with Crippen LogP contribution in [0.2, 0.25) is 0 Å². The van der Waals surface area contributed by atoms with Gasteiger partial charge in [-0.25, -0.2) is 0 Å². The Balaban J connectivity index is 1.81. The highest BCUT2D eigenvalue weighted by Crippen LogP contribution is 2.27. The Morgan fingerprint density at radius 3 is 2.63 bits per heavy atom. The zero-order valence-electron chi connectivity index (χ0n) is 12.3. The molecule has 0 aromatic heterocycles. The number of aliphatic hydroxyl groups excluding tert-OH is 1. The minimum absolute atomic E-state index is 0.323. The molecule has 2 nitrogen and oxygen atoms in total. The highest BCUT2D eigenvalue weighted by Gasteiger charge is 2.20. The van der Waals surface area contributed by atoms with E-state index in [-0.39, 0.29) is 6.10 Å². The van der Waals surface area contributed by atoms with Gasteiger partial charge in [0.05, 0.1) is 6.10 Å². The number of hydrogen-bond donors (Lipinski definition) is 1. The first-order valence-electron chi connectivity index (χ1n) is 7.66. The minimum Gasteiger partial charge on any atom is -0.388 e. The smallest absolute Gasteiger partial charge is 0.0804 e. The van der Waals surface area contributed by atoms with E-state index in [1.54, 1.807) is 0 Å². The Kier molecular flexibility index (Phi) is 5.41. The highest BCUT2D eigenvalue weighted by molar-refractivity contribution is 5.27. The van der Waals surface area contributed by atoms with Crippen LogP contribution in [0, 0.1) is 12.8 Å². The topological polar surface area (TPSA) is 23.5 Å². The van der Waals surface area contributed by atoms with Crippen LogP contribution in [-0.4, -0.2) is 29.6 Å². The summed E-state index contributed by atoms with van der Waals surface area (Å²) in [6.45, 7) is 7.61. The standard InChI is InChI=1S/C17H27NO/c1-3-18(13-15-8-6-9-15)12-11-17(19)16-10-5-4-7-14(16)2/h4-5,7,10,15,17,19H,3,6,8-9,11-13H2,1-2H3. The summed E-state index contributed by atoms with van der Waals surface area (Å²) in [6, 6.07) is 8.16. The fourth-order valence-electron chi connectivity index (χ4n) is 2.84. The van der Waals surface area contributed by atoms with Crippen molar-refractivity contribution in [1.29, 1.82) is 0 Å². The van der Waals surface area contributed by atoms with Crippen LogP contribution >= 0.6 is 0 Å². The SMILES string of the molecule is CCN(CCC(O)c1ccccc1C)CC1CCC1. The molecule has 1 unspecified atom stereocenters. The van der Waals surface area contributed by atoms with Gasteiger partial charge >= 0.3 is 0 Å². The first-order chi connectivity index (χ1) is 9.20. The molecular weight excluding hydrogens is 234 g/mol. The van der Waals surface area contributed by atoms with Crippen molar-refractivity contribution < 1.29 is 5.11 Å². The predicted molar refractivity (Wildman–Crippen MR) is 80.2 cm³/mol. The Hall–Kier alpha value is -0.860. The molecule has 0 saturated heterocycles. The highest BCUT2D eigenvalue weighted by atomic mass is 16.3. The summed E-state index contributed by atoms with van der Waals surface area (Å²) in [5.41, 5.74) is 2.28. The maximum atomic E-state index is 10.3. The lowest BCUT2D eigenvalue weighted by Crippen LogP contribution is -2.33. The summed E-state index contributed by atoms with van der Waals surface area (Å²) in [7, 11) is 0. The van der Waals surface area contributed by atoms with Crippen molar-refractivity contribution in [3.05, 3.63) is 35.4 Å². The van der Waals surface area contributed by atoms with Crippen LogP contribution in [0.5, 0.6) is 0 Å². The number of hydrogen-bond acceptors (Lipinski definition) is 2. The van der Waals surface area contributed by atoms with Crippen LogP contribution in [0.15, 0.2) is 24.3 Å². The molecule has 1 aliphatic rings. The molecule has 0 aliphatic heterocycles. The van der Waals surface area contributed by atoms with Gasteiger partial charge in [0, 0.05) is 13.1 Å². The van der Waals surface area contributed by atoms with Crippen molar-refractivity contribution in [3.8, 4) is 0 Å². The molecular formula is C17H27NO. The molecule has 19 heavy (non-hydrogen) atoms.